The van der Waals surface area contributed by atoms with Crippen molar-refractivity contribution in [3.8, 4) is 0 Å². The summed E-state index contributed by atoms with van der Waals surface area (Å²) in [5.74, 6) is 0. The minimum Gasteiger partial charge on any atom is -0.750 e. The van der Waals surface area contributed by atoms with Crippen molar-refractivity contribution in [3.05, 3.63) is 0 Å². The summed E-state index contributed by atoms with van der Waals surface area (Å²) < 4.78 is 55.7. The minimum atomic E-state index is -4.67. The summed E-state index contributed by atoms with van der Waals surface area (Å²) in [6, 6.07) is 0. The standard InChI is InChI=1S/H2O4S.H2O3S/c1-5(2,3)4;1-4(2)3/h(H2,1,2,3,4);(H2,1,2,3)/p-1. The Labute approximate surface area is 53.4 Å². The van der Waals surface area contributed by atoms with Crippen molar-refractivity contribution in [1.82, 2.24) is 0 Å². The Morgan fingerprint density at radius 3 is 1.33 bits per heavy atom. The normalized spacial score (nSPS) is 13.3. The summed E-state index contributed by atoms with van der Waals surface area (Å²) in [5.41, 5.74) is 0. The second-order valence-electron chi connectivity index (χ2n) is 0.665. The van der Waals surface area contributed by atoms with E-state index >= 15 is 0 Å². The third kappa shape index (κ3) is 77800. The van der Waals surface area contributed by atoms with Gasteiger partial charge in [-0.3, -0.25) is 9.11 Å². The van der Waals surface area contributed by atoms with Gasteiger partial charge in [0.15, 0.2) is 0 Å². The Bertz CT molecular complexity index is 149. The summed E-state index contributed by atoms with van der Waals surface area (Å²) in [5, 5.41) is 0. The fourth-order valence-corrected chi connectivity index (χ4v) is 0. The third-order valence-corrected chi connectivity index (χ3v) is 0. The Kier molecular flexibility index (Phi) is 6.22. The lowest BCUT2D eigenvalue weighted by Gasteiger charge is -1.83. The molecule has 0 spiro atoms. The van der Waals surface area contributed by atoms with Gasteiger partial charge in [0, 0.05) is 0 Å². The van der Waals surface area contributed by atoms with Crippen LogP contribution >= 0.6 is 0 Å². The molecule has 0 aliphatic rings. The highest BCUT2D eigenvalue weighted by Gasteiger charge is 1.84. The molecule has 0 amide bonds. The summed E-state index contributed by atoms with van der Waals surface area (Å²) in [6.07, 6.45) is 0. The van der Waals surface area contributed by atoms with Crippen molar-refractivity contribution in [2.75, 3.05) is 0 Å². The number of hydrogen-bond donors (Lipinski definition) is 3. The zero-order chi connectivity index (χ0) is 8.08. The van der Waals surface area contributed by atoms with Crippen LogP contribution in [0.2, 0.25) is 0 Å². The summed E-state index contributed by atoms with van der Waals surface area (Å²) in [6.45, 7) is 0. The number of rotatable bonds is 0. The highest BCUT2D eigenvalue weighted by atomic mass is 32.3. The van der Waals surface area contributed by atoms with Crippen LogP contribution in [0.3, 0.4) is 0 Å². The fraction of sp³-hybridized carbons (Fsp3) is 0. The van der Waals surface area contributed by atoms with Crippen LogP contribution in [0, 0.1) is 0 Å². The molecule has 0 aromatic rings. The van der Waals surface area contributed by atoms with Gasteiger partial charge in [-0.2, -0.15) is 8.42 Å². The van der Waals surface area contributed by atoms with Gasteiger partial charge < -0.3 is 9.11 Å². The second kappa shape index (κ2) is 4.78. The maximum atomic E-state index is 8.74. The lowest BCUT2D eigenvalue weighted by Crippen LogP contribution is -1.89. The molecule has 9 heavy (non-hydrogen) atoms. The maximum Gasteiger partial charge on any atom is 0.394 e. The van der Waals surface area contributed by atoms with Crippen LogP contribution in [0.25, 0.3) is 0 Å². The van der Waals surface area contributed by atoms with Gasteiger partial charge in [0.25, 0.3) is 0 Å². The molecule has 0 saturated heterocycles. The second-order valence-corrected chi connectivity index (χ2v) is 1.99. The molecule has 0 radical (unpaired) electrons. The summed E-state index contributed by atoms with van der Waals surface area (Å²) in [7, 11) is -4.67. The van der Waals surface area contributed by atoms with Gasteiger partial charge in [-0.15, -0.1) is 0 Å². The first-order valence-corrected chi connectivity index (χ1v) is 3.64. The van der Waals surface area contributed by atoms with Gasteiger partial charge in [-0.1, -0.05) is 0 Å². The molecule has 9 heteroatoms. The summed E-state index contributed by atoms with van der Waals surface area (Å²) >= 11 is -2.86. The zero-order valence-electron chi connectivity index (χ0n) is 3.79. The molecule has 0 aliphatic heterocycles. The molecule has 0 heterocycles. The smallest absolute Gasteiger partial charge is 0.394 e. The maximum absolute atomic E-state index is 8.74. The Morgan fingerprint density at radius 1 is 1.33 bits per heavy atom. The summed E-state index contributed by atoms with van der Waals surface area (Å²) in [4.78, 5) is 0. The molecule has 0 rings (SSSR count). The van der Waals surface area contributed by atoms with E-state index in [1.807, 2.05) is 0 Å². The lowest BCUT2D eigenvalue weighted by atomic mass is 15.8. The molecule has 0 aromatic heterocycles. The first-order valence-electron chi connectivity index (χ1n) is 1.21. The van der Waals surface area contributed by atoms with E-state index in [1.54, 1.807) is 0 Å². The molecule has 58 valence electrons. The molecule has 3 N–H and O–H groups in total. The van der Waals surface area contributed by atoms with E-state index < -0.39 is 21.8 Å². The van der Waals surface area contributed by atoms with E-state index in [4.69, 9.17) is 30.8 Å². The van der Waals surface area contributed by atoms with E-state index in [2.05, 4.69) is 0 Å². The Morgan fingerprint density at radius 2 is 1.33 bits per heavy atom. The number of hydrogen-bond acceptors (Lipinski definition) is 4. The largest absolute Gasteiger partial charge is 0.750 e. The SMILES string of the molecule is O=S(=O)(O)O.O=S([O-])O. The van der Waals surface area contributed by atoms with Crippen molar-refractivity contribution in [1.29, 1.82) is 0 Å². The zero-order valence-corrected chi connectivity index (χ0v) is 5.42. The van der Waals surface area contributed by atoms with Crippen molar-refractivity contribution in [2.24, 2.45) is 0 Å². The molecule has 0 bridgehead atoms. The van der Waals surface area contributed by atoms with Gasteiger partial charge in [0.05, 0.1) is 11.4 Å². The van der Waals surface area contributed by atoms with Crippen LogP contribution in [0.4, 0.5) is 0 Å². The van der Waals surface area contributed by atoms with E-state index in [0.29, 0.717) is 0 Å². The van der Waals surface area contributed by atoms with Crippen LogP contribution in [0.15, 0.2) is 0 Å². The van der Waals surface area contributed by atoms with Gasteiger partial charge in [-0.25, -0.2) is 4.21 Å². The molecule has 7 nitrogen and oxygen atoms in total. The first-order chi connectivity index (χ1) is 3.73. The molecule has 1 atom stereocenters. The Balaban J connectivity index is 0. The Hall–Kier alpha value is -0.0600. The molecule has 1 unspecified atom stereocenters. The predicted molar refractivity (Wildman–Crippen MR) is 25.7 cm³/mol. The van der Waals surface area contributed by atoms with Crippen LogP contribution < -0.4 is 0 Å². The van der Waals surface area contributed by atoms with Crippen molar-refractivity contribution in [3.63, 3.8) is 0 Å². The van der Waals surface area contributed by atoms with E-state index in [1.165, 1.54) is 0 Å². The fourth-order valence-electron chi connectivity index (χ4n) is 0. The van der Waals surface area contributed by atoms with E-state index in [-0.39, 0.29) is 0 Å². The van der Waals surface area contributed by atoms with Gasteiger partial charge in [0.1, 0.15) is 0 Å². The quantitative estimate of drug-likeness (QED) is 0.310. The molecule has 0 aromatic carbocycles. The van der Waals surface area contributed by atoms with Crippen LogP contribution in [0.5, 0.6) is 0 Å². The van der Waals surface area contributed by atoms with Gasteiger partial charge in [-0.05, 0) is 0 Å². The van der Waals surface area contributed by atoms with Crippen LogP contribution in [0.1, 0.15) is 0 Å². The molecule has 0 saturated carbocycles. The molecular weight excluding hydrogens is 176 g/mol. The van der Waals surface area contributed by atoms with Crippen molar-refractivity contribution < 1.29 is 30.8 Å². The predicted octanol–water partition coefficient (Wildman–Crippen LogP) is -1.31. The monoisotopic (exact) mass is 179 g/mol. The molecular formula is H3O7S2-. The van der Waals surface area contributed by atoms with Crippen LogP contribution in [-0.2, 0) is 21.8 Å². The topological polar surface area (TPSA) is 135 Å². The minimum absolute atomic E-state index is 2.86. The van der Waals surface area contributed by atoms with Crippen LogP contribution in [-0.4, -0.2) is 30.8 Å². The highest BCUT2D eigenvalue weighted by molar-refractivity contribution is 7.79. The van der Waals surface area contributed by atoms with Crippen molar-refractivity contribution >= 4 is 21.8 Å². The molecule has 0 fully saturated rings. The van der Waals surface area contributed by atoms with E-state index in [0.717, 1.165) is 0 Å². The van der Waals surface area contributed by atoms with E-state index in [9.17, 15) is 0 Å². The van der Waals surface area contributed by atoms with Crippen molar-refractivity contribution in [2.45, 2.75) is 0 Å². The van der Waals surface area contributed by atoms with Gasteiger partial charge >= 0.3 is 10.4 Å². The first kappa shape index (κ1) is 11.7. The van der Waals surface area contributed by atoms with Gasteiger partial charge in [0.2, 0.25) is 0 Å². The highest BCUT2D eigenvalue weighted by Crippen LogP contribution is 1.59. The lowest BCUT2D eigenvalue weighted by molar-refractivity contribution is 0.380. The average Bonchev–Trinajstić information content (AvgIpc) is 1.19. The average molecular weight is 179 g/mol. The third-order valence-electron chi connectivity index (χ3n) is 0. The molecule has 0 aliphatic carbocycles.